The molecule has 3 aromatic carbocycles. The van der Waals surface area contributed by atoms with Crippen LogP contribution in [0, 0.1) is 13.8 Å². The molecule has 2 amide bonds. The summed E-state index contributed by atoms with van der Waals surface area (Å²) in [6.07, 6.45) is 0.762. The number of hydrogen-bond donors (Lipinski definition) is 3. The van der Waals surface area contributed by atoms with E-state index in [1.54, 1.807) is 36.4 Å². The van der Waals surface area contributed by atoms with Gasteiger partial charge in [0.15, 0.2) is 0 Å². The summed E-state index contributed by atoms with van der Waals surface area (Å²) in [6, 6.07) is 15.9. The third-order valence-electron chi connectivity index (χ3n) is 5.74. The fraction of sp³-hybridized carbons (Fsp3) is 0.231. The van der Waals surface area contributed by atoms with Crippen molar-refractivity contribution in [3.8, 4) is 0 Å². The first kappa shape index (κ1) is 26.2. The molecule has 184 valence electrons. The van der Waals surface area contributed by atoms with Gasteiger partial charge in [-0.15, -0.1) is 0 Å². The first-order valence-electron chi connectivity index (χ1n) is 11.1. The molecule has 7 nitrogen and oxygen atoms in total. The summed E-state index contributed by atoms with van der Waals surface area (Å²) in [4.78, 5) is 25.4. The highest BCUT2D eigenvalue weighted by atomic mass is 35.5. The van der Waals surface area contributed by atoms with E-state index in [4.69, 9.17) is 11.6 Å². The van der Waals surface area contributed by atoms with E-state index in [1.165, 1.54) is 18.2 Å². The van der Waals surface area contributed by atoms with Gasteiger partial charge in [-0.05, 0) is 74.7 Å². The van der Waals surface area contributed by atoms with Crippen molar-refractivity contribution in [3.05, 3.63) is 87.9 Å². The minimum Gasteiger partial charge on any atom is -0.350 e. The number of benzene rings is 3. The molecule has 0 radical (unpaired) electrons. The highest BCUT2D eigenvalue weighted by Gasteiger charge is 2.22. The van der Waals surface area contributed by atoms with E-state index in [9.17, 15) is 18.0 Å². The van der Waals surface area contributed by atoms with Crippen molar-refractivity contribution in [3.63, 3.8) is 0 Å². The molecule has 0 bridgehead atoms. The zero-order chi connectivity index (χ0) is 25.8. The van der Waals surface area contributed by atoms with Gasteiger partial charge in [0.05, 0.1) is 22.0 Å². The number of carbonyl (C=O) groups is 2. The van der Waals surface area contributed by atoms with E-state index >= 15 is 0 Å². The summed E-state index contributed by atoms with van der Waals surface area (Å²) in [5.74, 6) is -0.888. The molecule has 0 spiro atoms. The van der Waals surface area contributed by atoms with Gasteiger partial charge in [-0.3, -0.25) is 14.3 Å². The number of carbonyl (C=O) groups excluding carboxylic acids is 2. The molecular weight excluding hydrogens is 486 g/mol. The second kappa shape index (κ2) is 10.9. The van der Waals surface area contributed by atoms with Crippen LogP contribution >= 0.6 is 11.6 Å². The summed E-state index contributed by atoms with van der Waals surface area (Å²) in [7, 11) is -4.08. The molecule has 0 fully saturated rings. The summed E-state index contributed by atoms with van der Waals surface area (Å²) < 4.78 is 28.8. The molecule has 0 saturated carbocycles. The molecule has 0 aliphatic carbocycles. The number of nitrogens with one attached hydrogen (secondary N) is 3. The lowest BCUT2D eigenvalue weighted by atomic mass is 10.1. The molecule has 0 aliphatic rings. The van der Waals surface area contributed by atoms with Crippen molar-refractivity contribution in [2.75, 3.05) is 10.0 Å². The van der Waals surface area contributed by atoms with Crippen molar-refractivity contribution < 1.29 is 18.0 Å². The number of para-hydroxylation sites is 1. The highest BCUT2D eigenvalue weighted by molar-refractivity contribution is 7.92. The zero-order valence-corrected chi connectivity index (χ0v) is 21.5. The number of anilines is 2. The van der Waals surface area contributed by atoms with Gasteiger partial charge >= 0.3 is 0 Å². The van der Waals surface area contributed by atoms with Gasteiger partial charge in [-0.2, -0.15) is 0 Å². The van der Waals surface area contributed by atoms with Gasteiger partial charge in [-0.1, -0.05) is 42.8 Å². The summed E-state index contributed by atoms with van der Waals surface area (Å²) in [6.45, 7) is 7.54. The summed E-state index contributed by atoms with van der Waals surface area (Å²) in [5, 5.41) is 5.56. The average molecular weight is 514 g/mol. The number of hydrogen-bond acceptors (Lipinski definition) is 4. The predicted molar refractivity (Wildman–Crippen MR) is 140 cm³/mol. The van der Waals surface area contributed by atoms with Crippen LogP contribution in [0.5, 0.6) is 0 Å². The maximum absolute atomic E-state index is 13.1. The molecule has 0 aromatic heterocycles. The third kappa shape index (κ3) is 6.21. The first-order valence-corrected chi connectivity index (χ1v) is 13.0. The van der Waals surface area contributed by atoms with Gasteiger partial charge in [0.25, 0.3) is 21.8 Å². The molecule has 3 aromatic rings. The van der Waals surface area contributed by atoms with Crippen LogP contribution in [0.1, 0.15) is 52.1 Å². The van der Waals surface area contributed by atoms with Crippen LogP contribution in [0.25, 0.3) is 0 Å². The Balaban J connectivity index is 1.89. The smallest absolute Gasteiger partial charge is 0.263 e. The van der Waals surface area contributed by atoms with E-state index in [2.05, 4.69) is 15.4 Å². The molecule has 9 heteroatoms. The van der Waals surface area contributed by atoms with Crippen LogP contribution in [0.3, 0.4) is 0 Å². The van der Waals surface area contributed by atoms with E-state index in [1.807, 2.05) is 33.8 Å². The molecule has 3 N–H and O–H groups in total. The van der Waals surface area contributed by atoms with Crippen molar-refractivity contribution in [1.82, 2.24) is 5.32 Å². The second-order valence-electron chi connectivity index (χ2n) is 8.28. The fourth-order valence-electron chi connectivity index (χ4n) is 3.30. The average Bonchev–Trinajstić information content (AvgIpc) is 2.82. The second-order valence-corrected chi connectivity index (χ2v) is 10.3. The van der Waals surface area contributed by atoms with Gasteiger partial charge in [0, 0.05) is 11.6 Å². The summed E-state index contributed by atoms with van der Waals surface area (Å²) in [5.41, 5.74) is 2.84. The van der Waals surface area contributed by atoms with Crippen LogP contribution < -0.4 is 15.4 Å². The Kier molecular flexibility index (Phi) is 8.19. The van der Waals surface area contributed by atoms with Crippen LogP contribution in [0.15, 0.2) is 65.6 Å². The first-order chi connectivity index (χ1) is 16.5. The zero-order valence-electron chi connectivity index (χ0n) is 20.0. The Hall–Kier alpha value is -3.36. The lowest BCUT2D eigenvalue weighted by Gasteiger charge is -2.15. The number of sulfonamides is 1. The molecule has 0 heterocycles. The molecule has 0 aliphatic heterocycles. The number of amides is 2. The monoisotopic (exact) mass is 513 g/mol. The number of rotatable bonds is 8. The van der Waals surface area contributed by atoms with Gasteiger partial charge in [0.2, 0.25) is 0 Å². The fourth-order valence-corrected chi connectivity index (χ4v) is 4.95. The van der Waals surface area contributed by atoms with Gasteiger partial charge in [-0.25, -0.2) is 8.42 Å². The van der Waals surface area contributed by atoms with Gasteiger partial charge < -0.3 is 10.6 Å². The molecule has 35 heavy (non-hydrogen) atoms. The van der Waals surface area contributed by atoms with Crippen LogP contribution in [-0.4, -0.2) is 26.3 Å². The van der Waals surface area contributed by atoms with Crippen LogP contribution in [-0.2, 0) is 10.0 Å². The maximum atomic E-state index is 13.1. The summed E-state index contributed by atoms with van der Waals surface area (Å²) >= 11 is 6.21. The standard InChI is InChI=1S/C26H28ClN3O4S/c1-5-17(3)28-26(32)20-10-6-7-11-23(20)29-25(31)19-13-14-21(27)24(15-19)35(33,34)30-22-12-8-9-16(2)18(22)4/h6-15,17,30H,5H2,1-4H3,(H,28,32)(H,29,31). The maximum Gasteiger partial charge on any atom is 0.263 e. The Morgan fingerprint density at radius 1 is 0.943 bits per heavy atom. The number of aryl methyl sites for hydroxylation is 1. The normalized spacial score (nSPS) is 12.0. The Morgan fingerprint density at radius 2 is 1.63 bits per heavy atom. The molecular formula is C26H28ClN3O4S. The van der Waals surface area contributed by atoms with Crippen LogP contribution in [0.4, 0.5) is 11.4 Å². The lowest BCUT2D eigenvalue weighted by molar-refractivity contribution is 0.0940. The van der Waals surface area contributed by atoms with E-state index < -0.39 is 15.9 Å². The Bertz CT molecular complexity index is 1370. The van der Waals surface area contributed by atoms with E-state index in [0.29, 0.717) is 16.9 Å². The van der Waals surface area contributed by atoms with Gasteiger partial charge in [0.1, 0.15) is 4.90 Å². The van der Waals surface area contributed by atoms with Crippen molar-refractivity contribution in [2.24, 2.45) is 0 Å². The van der Waals surface area contributed by atoms with Crippen LogP contribution in [0.2, 0.25) is 5.02 Å². The molecule has 1 unspecified atom stereocenters. The number of halogens is 1. The third-order valence-corrected chi connectivity index (χ3v) is 7.59. The minimum absolute atomic E-state index is 0.0207. The Labute approximate surface area is 211 Å². The highest BCUT2D eigenvalue weighted by Crippen LogP contribution is 2.28. The largest absolute Gasteiger partial charge is 0.350 e. The van der Waals surface area contributed by atoms with E-state index in [0.717, 1.165) is 17.5 Å². The van der Waals surface area contributed by atoms with Crippen molar-refractivity contribution >= 4 is 44.8 Å². The predicted octanol–water partition coefficient (Wildman–Crippen LogP) is 5.54. The van der Waals surface area contributed by atoms with Crippen molar-refractivity contribution in [1.29, 1.82) is 0 Å². The SMILES string of the molecule is CCC(C)NC(=O)c1ccccc1NC(=O)c1ccc(Cl)c(S(=O)(=O)Nc2cccc(C)c2C)c1. The van der Waals surface area contributed by atoms with E-state index in [-0.39, 0.29) is 27.4 Å². The lowest BCUT2D eigenvalue weighted by Crippen LogP contribution is -2.32. The molecule has 0 saturated heterocycles. The minimum atomic E-state index is -4.08. The topological polar surface area (TPSA) is 104 Å². The van der Waals surface area contributed by atoms with Crippen molar-refractivity contribution in [2.45, 2.75) is 45.1 Å². The molecule has 1 atom stereocenters. The molecule has 3 rings (SSSR count). The quantitative estimate of drug-likeness (QED) is 0.368. The Morgan fingerprint density at radius 3 is 2.34 bits per heavy atom.